The van der Waals surface area contributed by atoms with E-state index in [2.05, 4.69) is 12.2 Å². The van der Waals surface area contributed by atoms with Crippen molar-refractivity contribution in [3.05, 3.63) is 77.0 Å². The molecule has 1 unspecified atom stereocenters. The van der Waals surface area contributed by atoms with E-state index in [9.17, 15) is 4.79 Å². The monoisotopic (exact) mass is 446 g/mol. The summed E-state index contributed by atoms with van der Waals surface area (Å²) in [6.07, 6.45) is 3.34. The SMILES string of the molecule is CCCSc1nc2n(n1)C(c1cccc(OCc3ccccc3)c1)C1=C(CCCC1=O)N2. The van der Waals surface area contributed by atoms with Crippen molar-refractivity contribution in [2.75, 3.05) is 11.1 Å². The van der Waals surface area contributed by atoms with Crippen LogP contribution in [-0.2, 0) is 11.4 Å². The zero-order chi connectivity index (χ0) is 21.9. The minimum absolute atomic E-state index is 0.184. The first-order valence-corrected chi connectivity index (χ1v) is 12.1. The van der Waals surface area contributed by atoms with Gasteiger partial charge in [-0.1, -0.05) is 61.2 Å². The predicted octanol–water partition coefficient (Wildman–Crippen LogP) is 5.38. The fourth-order valence-corrected chi connectivity index (χ4v) is 4.90. The van der Waals surface area contributed by atoms with E-state index in [1.54, 1.807) is 11.8 Å². The number of benzene rings is 2. The maximum Gasteiger partial charge on any atom is 0.227 e. The Hall–Kier alpha value is -3.06. The van der Waals surface area contributed by atoms with Crippen molar-refractivity contribution in [1.82, 2.24) is 14.8 Å². The van der Waals surface area contributed by atoms with Crippen molar-refractivity contribution >= 4 is 23.5 Å². The molecule has 0 radical (unpaired) electrons. The second-order valence-corrected chi connectivity index (χ2v) is 9.12. The smallest absolute Gasteiger partial charge is 0.227 e. The number of rotatable bonds is 7. The minimum atomic E-state index is -0.294. The fourth-order valence-electron chi connectivity index (χ4n) is 4.21. The van der Waals surface area contributed by atoms with Gasteiger partial charge in [0.15, 0.2) is 5.78 Å². The number of fused-ring (bicyclic) bond motifs is 1. The van der Waals surface area contributed by atoms with Gasteiger partial charge in [-0.3, -0.25) is 4.79 Å². The molecule has 7 heteroatoms. The third-order valence-electron chi connectivity index (χ3n) is 5.71. The van der Waals surface area contributed by atoms with Crippen LogP contribution in [0.5, 0.6) is 5.75 Å². The quantitative estimate of drug-likeness (QED) is 0.491. The lowest BCUT2D eigenvalue weighted by Gasteiger charge is -2.32. The summed E-state index contributed by atoms with van der Waals surface area (Å²) in [5, 5.41) is 8.90. The lowest BCUT2D eigenvalue weighted by molar-refractivity contribution is -0.116. The molecule has 0 bridgehead atoms. The molecule has 0 spiro atoms. The van der Waals surface area contributed by atoms with Crippen molar-refractivity contribution in [2.45, 2.75) is 50.4 Å². The molecule has 0 fully saturated rings. The lowest BCUT2D eigenvalue weighted by Crippen LogP contribution is -2.31. The van der Waals surface area contributed by atoms with Gasteiger partial charge in [0, 0.05) is 23.4 Å². The number of hydrogen-bond acceptors (Lipinski definition) is 6. The van der Waals surface area contributed by atoms with Crippen LogP contribution in [0.25, 0.3) is 0 Å². The van der Waals surface area contributed by atoms with Crippen LogP contribution >= 0.6 is 11.8 Å². The van der Waals surface area contributed by atoms with Crippen molar-refractivity contribution in [1.29, 1.82) is 0 Å². The number of carbonyl (C=O) groups excluding carboxylic acids is 1. The van der Waals surface area contributed by atoms with Crippen LogP contribution in [0.4, 0.5) is 5.95 Å². The van der Waals surface area contributed by atoms with Gasteiger partial charge < -0.3 is 10.1 Å². The fraction of sp³-hybridized carbons (Fsp3) is 0.320. The van der Waals surface area contributed by atoms with E-state index < -0.39 is 0 Å². The largest absolute Gasteiger partial charge is 0.489 e. The van der Waals surface area contributed by atoms with Crippen LogP contribution in [0.15, 0.2) is 71.0 Å². The van der Waals surface area contributed by atoms with Gasteiger partial charge in [0.2, 0.25) is 11.1 Å². The van der Waals surface area contributed by atoms with E-state index >= 15 is 0 Å². The van der Waals surface area contributed by atoms with Gasteiger partial charge in [-0.15, -0.1) is 5.10 Å². The summed E-state index contributed by atoms with van der Waals surface area (Å²) < 4.78 is 7.94. The average molecular weight is 447 g/mol. The van der Waals surface area contributed by atoms with Crippen molar-refractivity contribution in [3.8, 4) is 5.75 Å². The number of allylic oxidation sites excluding steroid dienone is 2. The summed E-state index contributed by atoms with van der Waals surface area (Å²) in [4.78, 5) is 17.7. The third kappa shape index (κ3) is 4.17. The molecule has 1 aliphatic heterocycles. The first-order chi connectivity index (χ1) is 15.7. The van der Waals surface area contributed by atoms with E-state index in [1.165, 1.54) is 0 Å². The Balaban J connectivity index is 1.49. The first kappa shape index (κ1) is 20.8. The number of carbonyl (C=O) groups is 1. The Labute approximate surface area is 192 Å². The van der Waals surface area contributed by atoms with Crippen molar-refractivity contribution in [3.63, 3.8) is 0 Å². The molecule has 1 aromatic heterocycles. The van der Waals surface area contributed by atoms with Crippen molar-refractivity contribution < 1.29 is 9.53 Å². The maximum atomic E-state index is 13.0. The molecule has 2 heterocycles. The summed E-state index contributed by atoms with van der Waals surface area (Å²) in [7, 11) is 0. The molecule has 1 N–H and O–H groups in total. The normalized spacial score (nSPS) is 17.5. The van der Waals surface area contributed by atoms with Gasteiger partial charge in [0.1, 0.15) is 18.4 Å². The molecule has 164 valence electrons. The number of ketones is 1. The van der Waals surface area contributed by atoms with Gasteiger partial charge in [0.25, 0.3) is 0 Å². The molecule has 2 aliphatic rings. The van der Waals surface area contributed by atoms with Crippen LogP contribution in [-0.4, -0.2) is 26.3 Å². The number of thioether (sulfide) groups is 1. The minimum Gasteiger partial charge on any atom is -0.489 e. The molecule has 2 aromatic carbocycles. The van der Waals surface area contributed by atoms with E-state index in [0.717, 1.165) is 58.3 Å². The summed E-state index contributed by atoms with van der Waals surface area (Å²) in [6.45, 7) is 2.64. The molecule has 0 amide bonds. The van der Waals surface area contributed by atoms with Gasteiger partial charge >= 0.3 is 0 Å². The zero-order valence-electron chi connectivity index (χ0n) is 18.1. The van der Waals surface area contributed by atoms with Crippen LogP contribution in [0.2, 0.25) is 0 Å². The molecule has 5 rings (SSSR count). The highest BCUT2D eigenvalue weighted by atomic mass is 32.2. The van der Waals surface area contributed by atoms with Crippen LogP contribution in [0.3, 0.4) is 0 Å². The van der Waals surface area contributed by atoms with Gasteiger partial charge in [-0.25, -0.2) is 4.68 Å². The molecular weight excluding hydrogens is 420 g/mol. The zero-order valence-corrected chi connectivity index (χ0v) is 18.9. The Morgan fingerprint density at radius 1 is 1.16 bits per heavy atom. The predicted molar refractivity (Wildman–Crippen MR) is 126 cm³/mol. The lowest BCUT2D eigenvalue weighted by atomic mass is 9.85. The van der Waals surface area contributed by atoms with Crippen molar-refractivity contribution in [2.24, 2.45) is 0 Å². The number of anilines is 1. The molecule has 32 heavy (non-hydrogen) atoms. The Bertz CT molecular complexity index is 1160. The maximum absolute atomic E-state index is 13.0. The molecule has 0 saturated carbocycles. The highest BCUT2D eigenvalue weighted by Gasteiger charge is 2.37. The Kier molecular flexibility index (Phi) is 5.99. The van der Waals surface area contributed by atoms with Crippen LogP contribution in [0, 0.1) is 0 Å². The molecule has 1 aliphatic carbocycles. The number of aromatic nitrogens is 3. The second-order valence-electron chi connectivity index (χ2n) is 8.05. The highest BCUT2D eigenvalue weighted by Crippen LogP contribution is 2.41. The summed E-state index contributed by atoms with van der Waals surface area (Å²) >= 11 is 1.64. The standard InChI is InChI=1S/C25H26N4O2S/c1-2-14-32-25-27-24-26-20-12-7-13-21(30)22(20)23(29(24)28-25)18-10-6-11-19(15-18)31-16-17-8-4-3-5-9-17/h3-6,8-11,15,23H,2,7,12-14,16H2,1H3,(H,26,27,28). The van der Waals surface area contributed by atoms with Gasteiger partial charge in [-0.05, 0) is 42.5 Å². The van der Waals surface area contributed by atoms with Crippen LogP contribution in [0.1, 0.15) is 49.8 Å². The number of ether oxygens (including phenoxy) is 1. The number of hydrogen-bond donors (Lipinski definition) is 1. The van der Waals surface area contributed by atoms with E-state index in [1.807, 2.05) is 59.3 Å². The highest BCUT2D eigenvalue weighted by molar-refractivity contribution is 7.99. The number of nitrogens with one attached hydrogen (secondary N) is 1. The van der Waals surface area contributed by atoms with E-state index in [-0.39, 0.29) is 11.8 Å². The molecule has 6 nitrogen and oxygen atoms in total. The first-order valence-electron chi connectivity index (χ1n) is 11.1. The number of nitrogens with zero attached hydrogens (tertiary/aromatic N) is 3. The second kappa shape index (κ2) is 9.20. The average Bonchev–Trinajstić information content (AvgIpc) is 3.23. The molecule has 0 saturated heterocycles. The summed E-state index contributed by atoms with van der Waals surface area (Å²) in [5.74, 6) is 2.63. The summed E-state index contributed by atoms with van der Waals surface area (Å²) in [6, 6.07) is 17.8. The van der Waals surface area contributed by atoms with Gasteiger partial charge in [-0.2, -0.15) is 4.98 Å². The third-order valence-corrected chi connectivity index (χ3v) is 6.75. The van der Waals surface area contributed by atoms with Crippen LogP contribution < -0.4 is 10.1 Å². The Morgan fingerprint density at radius 3 is 2.88 bits per heavy atom. The van der Waals surface area contributed by atoms with Gasteiger partial charge in [0.05, 0.1) is 0 Å². The molecular formula is C25H26N4O2S. The summed E-state index contributed by atoms with van der Waals surface area (Å²) in [5.41, 5.74) is 3.89. The number of Topliss-reactive ketones (excluding diaryl/α,β-unsaturated/α-hetero) is 1. The topological polar surface area (TPSA) is 69.0 Å². The van der Waals surface area contributed by atoms with E-state index in [4.69, 9.17) is 14.8 Å². The molecule has 3 aromatic rings. The molecule has 1 atom stereocenters. The Morgan fingerprint density at radius 2 is 2.03 bits per heavy atom. The van der Waals surface area contributed by atoms with E-state index in [0.29, 0.717) is 19.0 Å².